The number of hydrogen-bond donors (Lipinski definition) is 0. The van der Waals surface area contributed by atoms with Crippen LogP contribution >= 0.6 is 11.8 Å². The topological polar surface area (TPSA) is 52.8 Å². The van der Waals surface area contributed by atoms with E-state index < -0.39 is 0 Å². The van der Waals surface area contributed by atoms with E-state index in [9.17, 15) is 0 Å². The van der Waals surface area contributed by atoms with Crippen molar-refractivity contribution in [2.45, 2.75) is 5.16 Å². The summed E-state index contributed by atoms with van der Waals surface area (Å²) in [6.45, 7) is 0. The van der Waals surface area contributed by atoms with E-state index in [4.69, 9.17) is 5.26 Å². The normalized spacial score (nSPS) is 10.9. The highest BCUT2D eigenvalue weighted by molar-refractivity contribution is 7.98. The minimum absolute atomic E-state index is 0.540. The first kappa shape index (κ1) is 11.5. The van der Waals surface area contributed by atoms with Gasteiger partial charge in [-0.3, -0.25) is 0 Å². The summed E-state index contributed by atoms with van der Waals surface area (Å²) in [7, 11) is 3.74. The summed E-state index contributed by atoms with van der Waals surface area (Å²) in [5.41, 5.74) is 1.20. The van der Waals surface area contributed by atoms with Gasteiger partial charge in [0.2, 0.25) is 0 Å². The van der Waals surface area contributed by atoms with Crippen molar-refractivity contribution in [3.05, 3.63) is 24.2 Å². The lowest BCUT2D eigenvalue weighted by atomic mass is 10.2. The Hall–Kier alpha value is -1.54. The third-order valence-electron chi connectivity index (χ3n) is 1.60. The third kappa shape index (κ3) is 3.26. The molecule has 0 atom stereocenters. The lowest BCUT2D eigenvalue weighted by Crippen LogP contribution is -2.03. The molecule has 0 spiro atoms. The monoisotopic (exact) mass is 220 g/mol. The van der Waals surface area contributed by atoms with Crippen molar-refractivity contribution >= 4 is 17.3 Å². The molecule has 0 aliphatic heterocycles. The summed E-state index contributed by atoms with van der Waals surface area (Å²) in [5, 5.41) is 9.65. The molecule has 1 rings (SSSR count). The zero-order valence-electron chi connectivity index (χ0n) is 8.93. The molecule has 0 N–H and O–H groups in total. The zero-order chi connectivity index (χ0) is 11.3. The number of nitriles is 1. The Balaban J connectivity index is 3.09. The molecule has 0 unspecified atom stereocenters. The van der Waals surface area contributed by atoms with Crippen LogP contribution in [0.3, 0.4) is 0 Å². The summed E-state index contributed by atoms with van der Waals surface area (Å²) < 4.78 is 0. The molecule has 0 fully saturated rings. The molecule has 0 aliphatic rings. The first-order chi connectivity index (χ1) is 7.17. The highest BCUT2D eigenvalue weighted by Gasteiger charge is 2.04. The van der Waals surface area contributed by atoms with Gasteiger partial charge >= 0.3 is 0 Å². The van der Waals surface area contributed by atoms with Crippen molar-refractivity contribution in [1.29, 1.82) is 5.26 Å². The zero-order valence-corrected chi connectivity index (χ0v) is 9.75. The fourth-order valence-electron chi connectivity index (χ4n) is 1.000. The van der Waals surface area contributed by atoms with Gasteiger partial charge in [-0.2, -0.15) is 5.26 Å². The largest absolute Gasteiger partial charge is 0.382 e. The van der Waals surface area contributed by atoms with Gasteiger partial charge < -0.3 is 4.90 Å². The van der Waals surface area contributed by atoms with Crippen LogP contribution in [0.5, 0.6) is 0 Å². The van der Waals surface area contributed by atoms with E-state index in [0.717, 1.165) is 0 Å². The van der Waals surface area contributed by atoms with E-state index in [-0.39, 0.29) is 0 Å². The quantitative estimate of drug-likeness (QED) is 0.440. The Morgan fingerprint density at radius 3 is 2.87 bits per heavy atom. The maximum atomic E-state index is 8.98. The van der Waals surface area contributed by atoms with Gasteiger partial charge in [-0.05, 0) is 12.3 Å². The summed E-state index contributed by atoms with van der Waals surface area (Å²) in [4.78, 5) is 10.1. The molecule has 0 aliphatic carbocycles. The number of thioether (sulfide) groups is 1. The Morgan fingerprint density at radius 2 is 2.33 bits per heavy atom. The van der Waals surface area contributed by atoms with Crippen molar-refractivity contribution < 1.29 is 0 Å². The highest BCUT2D eigenvalue weighted by atomic mass is 32.2. The Morgan fingerprint density at radius 1 is 1.60 bits per heavy atom. The third-order valence-corrected chi connectivity index (χ3v) is 2.16. The summed E-state index contributed by atoms with van der Waals surface area (Å²) in [5.74, 6) is 0. The molecule has 0 aromatic carbocycles. The second-order valence-corrected chi connectivity index (χ2v) is 3.82. The molecule has 15 heavy (non-hydrogen) atoms. The van der Waals surface area contributed by atoms with Crippen LogP contribution in [0.4, 0.5) is 0 Å². The molecular formula is C10H12N4S. The first-order valence-corrected chi connectivity index (χ1v) is 5.55. The first-order valence-electron chi connectivity index (χ1n) is 4.33. The SMILES string of the molecule is CSc1nccc(/C(C#N)=C/N(C)C)n1. The average Bonchev–Trinajstić information content (AvgIpc) is 2.25. The highest BCUT2D eigenvalue weighted by Crippen LogP contribution is 2.14. The minimum atomic E-state index is 0.540. The molecule has 0 bridgehead atoms. The van der Waals surface area contributed by atoms with E-state index in [1.807, 2.05) is 25.3 Å². The Labute approximate surface area is 93.6 Å². The molecule has 1 aromatic heterocycles. The van der Waals surface area contributed by atoms with Gasteiger partial charge in [0.15, 0.2) is 5.16 Å². The summed E-state index contributed by atoms with van der Waals surface area (Å²) in [6, 6.07) is 3.86. The standard InChI is InChI=1S/C10H12N4S/c1-14(2)7-8(6-11)9-4-5-12-10(13-9)15-3/h4-5,7H,1-3H3/b8-7+. The van der Waals surface area contributed by atoms with Gasteiger partial charge in [-0.25, -0.2) is 9.97 Å². The molecule has 78 valence electrons. The van der Waals surface area contributed by atoms with E-state index in [2.05, 4.69) is 16.0 Å². The molecule has 5 heteroatoms. The van der Waals surface area contributed by atoms with Gasteiger partial charge in [0, 0.05) is 26.5 Å². The minimum Gasteiger partial charge on any atom is -0.382 e. The van der Waals surface area contributed by atoms with Gasteiger partial charge in [-0.1, -0.05) is 11.8 Å². The Kier molecular flexibility index (Phi) is 4.13. The van der Waals surface area contributed by atoms with Crippen molar-refractivity contribution in [1.82, 2.24) is 14.9 Å². The fraction of sp³-hybridized carbons (Fsp3) is 0.300. The van der Waals surface area contributed by atoms with Crippen LogP contribution < -0.4 is 0 Å². The lowest BCUT2D eigenvalue weighted by molar-refractivity contribution is 0.566. The van der Waals surface area contributed by atoms with Gasteiger partial charge in [-0.15, -0.1) is 0 Å². The van der Waals surface area contributed by atoms with Crippen LogP contribution in [0.1, 0.15) is 5.69 Å². The van der Waals surface area contributed by atoms with Crippen LogP contribution in [0.25, 0.3) is 5.57 Å². The molecular weight excluding hydrogens is 208 g/mol. The van der Waals surface area contributed by atoms with Crippen LogP contribution in [-0.2, 0) is 0 Å². The molecule has 0 saturated heterocycles. The summed E-state index contributed by atoms with van der Waals surface area (Å²) >= 11 is 1.46. The second-order valence-electron chi connectivity index (χ2n) is 3.05. The number of allylic oxidation sites excluding steroid dienone is 1. The number of nitrogens with zero attached hydrogens (tertiary/aromatic N) is 4. The number of hydrogen-bond acceptors (Lipinski definition) is 5. The molecule has 1 heterocycles. The maximum absolute atomic E-state index is 8.98. The van der Waals surface area contributed by atoms with E-state index in [0.29, 0.717) is 16.4 Å². The molecule has 4 nitrogen and oxygen atoms in total. The van der Waals surface area contributed by atoms with Crippen molar-refractivity contribution in [2.75, 3.05) is 20.4 Å². The van der Waals surface area contributed by atoms with Crippen molar-refractivity contribution in [2.24, 2.45) is 0 Å². The van der Waals surface area contributed by atoms with Gasteiger partial charge in [0.1, 0.15) is 6.07 Å². The predicted octanol–water partition coefficient (Wildman–Crippen LogP) is 1.62. The molecule has 0 saturated carbocycles. The number of aromatic nitrogens is 2. The van der Waals surface area contributed by atoms with E-state index >= 15 is 0 Å². The molecule has 0 radical (unpaired) electrons. The van der Waals surface area contributed by atoms with Crippen LogP contribution in [0, 0.1) is 11.3 Å². The summed E-state index contributed by atoms with van der Waals surface area (Å²) in [6.07, 6.45) is 5.31. The predicted molar refractivity (Wildman–Crippen MR) is 61.1 cm³/mol. The van der Waals surface area contributed by atoms with Crippen LogP contribution in [0.2, 0.25) is 0 Å². The maximum Gasteiger partial charge on any atom is 0.187 e. The molecule has 0 amide bonds. The fourth-order valence-corrected chi connectivity index (χ4v) is 1.36. The van der Waals surface area contributed by atoms with Gasteiger partial charge in [0.25, 0.3) is 0 Å². The smallest absolute Gasteiger partial charge is 0.187 e. The van der Waals surface area contributed by atoms with Crippen molar-refractivity contribution in [3.8, 4) is 6.07 Å². The van der Waals surface area contributed by atoms with Crippen molar-refractivity contribution in [3.63, 3.8) is 0 Å². The van der Waals surface area contributed by atoms with E-state index in [1.54, 1.807) is 18.5 Å². The Bertz CT molecular complexity index is 406. The second kappa shape index (κ2) is 5.37. The number of rotatable bonds is 3. The average molecular weight is 220 g/mol. The lowest BCUT2D eigenvalue weighted by Gasteiger charge is -2.06. The van der Waals surface area contributed by atoms with Gasteiger partial charge in [0.05, 0.1) is 11.3 Å². The van der Waals surface area contributed by atoms with E-state index in [1.165, 1.54) is 11.8 Å². The van der Waals surface area contributed by atoms with Crippen LogP contribution in [0.15, 0.2) is 23.6 Å². The van der Waals surface area contributed by atoms with Crippen LogP contribution in [-0.4, -0.2) is 35.2 Å². The molecule has 1 aromatic rings.